The molecule has 2 aliphatic rings. The van der Waals surface area contributed by atoms with Gasteiger partial charge in [0.1, 0.15) is 18.0 Å². The summed E-state index contributed by atoms with van der Waals surface area (Å²) < 4.78 is 10.7. The Balaban J connectivity index is 1.44. The van der Waals surface area contributed by atoms with Crippen LogP contribution in [-0.2, 0) is 0 Å². The number of fused-ring (bicyclic) bond motifs is 1. The van der Waals surface area contributed by atoms with Crippen LogP contribution >= 0.6 is 0 Å². The van der Waals surface area contributed by atoms with E-state index in [9.17, 15) is 0 Å². The SMILES string of the molecule is c1nc(Nc2ccc3c(c2)OCO3)cc(NC2CCCCCC2)n1. The van der Waals surface area contributed by atoms with E-state index in [0.29, 0.717) is 6.04 Å². The van der Waals surface area contributed by atoms with Crippen molar-refractivity contribution in [1.29, 1.82) is 0 Å². The molecule has 1 aliphatic carbocycles. The fraction of sp³-hybridized carbons (Fsp3) is 0.444. The van der Waals surface area contributed by atoms with Crippen molar-refractivity contribution in [3.63, 3.8) is 0 Å². The topological polar surface area (TPSA) is 68.3 Å². The van der Waals surface area contributed by atoms with E-state index in [1.165, 1.54) is 38.5 Å². The molecular weight excluding hydrogens is 304 g/mol. The van der Waals surface area contributed by atoms with Crippen molar-refractivity contribution in [2.45, 2.75) is 44.6 Å². The first-order chi connectivity index (χ1) is 11.9. The Morgan fingerprint density at radius 3 is 2.54 bits per heavy atom. The van der Waals surface area contributed by atoms with Crippen molar-refractivity contribution in [2.75, 3.05) is 17.4 Å². The molecule has 2 heterocycles. The largest absolute Gasteiger partial charge is 0.454 e. The lowest BCUT2D eigenvalue weighted by Gasteiger charge is -2.17. The highest BCUT2D eigenvalue weighted by atomic mass is 16.7. The standard InChI is InChI=1S/C18H22N4O2/c1-2-4-6-13(5-3-1)21-17-10-18(20-11-19-17)22-14-7-8-15-16(9-14)24-12-23-15/h7-11,13H,1-6,12H2,(H2,19,20,21,22). The van der Waals surface area contributed by atoms with Crippen molar-refractivity contribution in [1.82, 2.24) is 9.97 Å². The van der Waals surface area contributed by atoms with Crippen LogP contribution in [0.1, 0.15) is 38.5 Å². The van der Waals surface area contributed by atoms with Crippen molar-refractivity contribution in [3.05, 3.63) is 30.6 Å². The lowest BCUT2D eigenvalue weighted by atomic mass is 10.1. The van der Waals surface area contributed by atoms with Gasteiger partial charge in [-0.1, -0.05) is 25.7 Å². The van der Waals surface area contributed by atoms with Crippen molar-refractivity contribution in [3.8, 4) is 11.5 Å². The normalized spacial score (nSPS) is 17.3. The second-order valence-electron chi connectivity index (χ2n) is 6.31. The third-order valence-corrected chi connectivity index (χ3v) is 4.52. The third kappa shape index (κ3) is 3.53. The van der Waals surface area contributed by atoms with E-state index in [4.69, 9.17) is 9.47 Å². The Kier molecular flexibility index (Phi) is 4.36. The van der Waals surface area contributed by atoms with Gasteiger partial charge in [-0.2, -0.15) is 0 Å². The van der Waals surface area contributed by atoms with Gasteiger partial charge in [-0.25, -0.2) is 9.97 Å². The number of hydrogen-bond acceptors (Lipinski definition) is 6. The molecule has 1 aromatic carbocycles. The number of hydrogen-bond donors (Lipinski definition) is 2. The fourth-order valence-corrected chi connectivity index (χ4v) is 3.26. The average molecular weight is 326 g/mol. The van der Waals surface area contributed by atoms with E-state index in [0.717, 1.165) is 28.8 Å². The van der Waals surface area contributed by atoms with Gasteiger partial charge in [0.05, 0.1) is 0 Å². The summed E-state index contributed by atoms with van der Waals surface area (Å²) in [6, 6.07) is 8.24. The number of ether oxygens (including phenoxy) is 2. The van der Waals surface area contributed by atoms with Crippen LogP contribution in [0.4, 0.5) is 17.3 Å². The molecular formula is C18H22N4O2. The Labute approximate surface area is 141 Å². The summed E-state index contributed by atoms with van der Waals surface area (Å²) in [5.74, 6) is 3.17. The molecule has 126 valence electrons. The molecule has 0 radical (unpaired) electrons. The third-order valence-electron chi connectivity index (χ3n) is 4.52. The van der Waals surface area contributed by atoms with E-state index in [1.54, 1.807) is 6.33 Å². The molecule has 0 unspecified atom stereocenters. The smallest absolute Gasteiger partial charge is 0.231 e. The number of aromatic nitrogens is 2. The minimum atomic E-state index is 0.280. The zero-order chi connectivity index (χ0) is 16.2. The minimum absolute atomic E-state index is 0.280. The molecule has 0 atom stereocenters. The van der Waals surface area contributed by atoms with Gasteiger partial charge in [0.2, 0.25) is 6.79 Å². The molecule has 1 aromatic heterocycles. The van der Waals surface area contributed by atoms with Crippen LogP contribution in [0.25, 0.3) is 0 Å². The highest BCUT2D eigenvalue weighted by molar-refractivity contribution is 5.63. The second-order valence-corrected chi connectivity index (χ2v) is 6.31. The van der Waals surface area contributed by atoms with E-state index in [2.05, 4.69) is 20.6 Å². The molecule has 0 saturated heterocycles. The van der Waals surface area contributed by atoms with Gasteiger partial charge in [0.15, 0.2) is 11.5 Å². The average Bonchev–Trinajstić information content (AvgIpc) is 2.91. The summed E-state index contributed by atoms with van der Waals surface area (Å²) in [6.07, 6.45) is 9.31. The first kappa shape index (κ1) is 15.1. The van der Waals surface area contributed by atoms with Crippen molar-refractivity contribution in [2.24, 2.45) is 0 Å². The highest BCUT2D eigenvalue weighted by Gasteiger charge is 2.14. The molecule has 4 rings (SSSR count). The van der Waals surface area contributed by atoms with Gasteiger partial charge in [-0.15, -0.1) is 0 Å². The molecule has 0 spiro atoms. The molecule has 6 heteroatoms. The van der Waals surface area contributed by atoms with Crippen LogP contribution in [0.15, 0.2) is 30.6 Å². The lowest BCUT2D eigenvalue weighted by molar-refractivity contribution is 0.174. The van der Waals surface area contributed by atoms with Gasteiger partial charge in [0.25, 0.3) is 0 Å². The van der Waals surface area contributed by atoms with Crippen molar-refractivity contribution >= 4 is 17.3 Å². The molecule has 1 saturated carbocycles. The summed E-state index contributed by atoms with van der Waals surface area (Å²) in [4.78, 5) is 8.66. The Bertz CT molecular complexity index is 699. The van der Waals surface area contributed by atoms with Crippen LogP contribution in [-0.4, -0.2) is 22.8 Å². The molecule has 6 nitrogen and oxygen atoms in total. The molecule has 2 N–H and O–H groups in total. The van der Waals surface area contributed by atoms with Gasteiger partial charge in [-0.05, 0) is 25.0 Å². The predicted octanol–water partition coefficient (Wildman–Crippen LogP) is 4.08. The quantitative estimate of drug-likeness (QED) is 0.825. The molecule has 1 fully saturated rings. The summed E-state index contributed by atoms with van der Waals surface area (Å²) >= 11 is 0. The molecule has 2 aromatic rings. The zero-order valence-electron chi connectivity index (χ0n) is 13.6. The highest BCUT2D eigenvalue weighted by Crippen LogP contribution is 2.35. The van der Waals surface area contributed by atoms with E-state index < -0.39 is 0 Å². The molecule has 0 amide bonds. The predicted molar refractivity (Wildman–Crippen MR) is 93.0 cm³/mol. The number of anilines is 3. The first-order valence-electron chi connectivity index (χ1n) is 8.62. The second kappa shape index (κ2) is 6.95. The molecule has 0 bridgehead atoms. The molecule has 1 aliphatic heterocycles. The maximum Gasteiger partial charge on any atom is 0.231 e. The van der Waals surface area contributed by atoms with Gasteiger partial charge in [0, 0.05) is 23.9 Å². The van der Waals surface area contributed by atoms with E-state index in [-0.39, 0.29) is 6.79 Å². The summed E-state index contributed by atoms with van der Waals surface area (Å²) in [5, 5.41) is 6.85. The monoisotopic (exact) mass is 326 g/mol. The number of nitrogens with zero attached hydrogens (tertiary/aromatic N) is 2. The summed E-state index contributed by atoms with van der Waals surface area (Å²) in [5.41, 5.74) is 0.915. The summed E-state index contributed by atoms with van der Waals surface area (Å²) in [6.45, 7) is 0.280. The fourth-order valence-electron chi connectivity index (χ4n) is 3.26. The van der Waals surface area contributed by atoms with Crippen LogP contribution in [0.5, 0.6) is 11.5 Å². The number of rotatable bonds is 4. The summed E-state index contributed by atoms with van der Waals surface area (Å²) in [7, 11) is 0. The van der Waals surface area contributed by atoms with Gasteiger partial charge >= 0.3 is 0 Å². The maximum atomic E-state index is 5.41. The lowest BCUT2D eigenvalue weighted by Crippen LogP contribution is -2.19. The van der Waals surface area contributed by atoms with E-state index >= 15 is 0 Å². The van der Waals surface area contributed by atoms with Crippen molar-refractivity contribution < 1.29 is 9.47 Å². The van der Waals surface area contributed by atoms with Crippen LogP contribution in [0.2, 0.25) is 0 Å². The van der Waals surface area contributed by atoms with Gasteiger partial charge in [-0.3, -0.25) is 0 Å². The Hall–Kier alpha value is -2.50. The van der Waals surface area contributed by atoms with E-state index in [1.807, 2.05) is 24.3 Å². The number of benzene rings is 1. The Morgan fingerprint density at radius 1 is 0.875 bits per heavy atom. The first-order valence-corrected chi connectivity index (χ1v) is 8.62. The molecule has 24 heavy (non-hydrogen) atoms. The Morgan fingerprint density at radius 2 is 1.67 bits per heavy atom. The minimum Gasteiger partial charge on any atom is -0.454 e. The maximum absolute atomic E-state index is 5.41. The van der Waals surface area contributed by atoms with Crippen LogP contribution in [0.3, 0.4) is 0 Å². The van der Waals surface area contributed by atoms with Crippen LogP contribution < -0.4 is 20.1 Å². The van der Waals surface area contributed by atoms with Gasteiger partial charge < -0.3 is 20.1 Å². The zero-order valence-corrected chi connectivity index (χ0v) is 13.6. The number of nitrogens with one attached hydrogen (secondary N) is 2. The van der Waals surface area contributed by atoms with Crippen LogP contribution in [0, 0.1) is 0 Å².